The Bertz CT molecular complexity index is 1140. The van der Waals surface area contributed by atoms with E-state index in [-0.39, 0.29) is 6.61 Å². The van der Waals surface area contributed by atoms with Crippen LogP contribution in [0.4, 0.5) is 0 Å². The Kier molecular flexibility index (Phi) is 7.95. The van der Waals surface area contributed by atoms with Crippen LogP contribution in [-0.2, 0) is 60.6 Å². The molecule has 5 heterocycles. The van der Waals surface area contributed by atoms with E-state index in [9.17, 15) is 4.79 Å². The van der Waals surface area contributed by atoms with E-state index < -0.39 is 73.2 Å². The molecule has 5 fully saturated rings. The number of rotatable bonds is 9. The van der Waals surface area contributed by atoms with Crippen LogP contribution in [0.1, 0.15) is 31.9 Å². The number of methoxy groups -OCH3 is 1. The van der Waals surface area contributed by atoms with E-state index in [2.05, 4.69) is 0 Å². The molecule has 5 saturated heterocycles. The number of ether oxygens (including phenoxy) is 9. The van der Waals surface area contributed by atoms with E-state index in [0.29, 0.717) is 6.61 Å². The molecule has 7 rings (SSSR count). The molecule has 0 aliphatic carbocycles. The minimum Gasteiger partial charge on any atom is -0.452 e. The van der Waals surface area contributed by atoms with Crippen molar-refractivity contribution in [3.63, 3.8) is 0 Å². The lowest BCUT2D eigenvalue weighted by Gasteiger charge is -2.51. The summed E-state index contributed by atoms with van der Waals surface area (Å²) in [6.45, 7) is 6.14. The highest BCUT2D eigenvalue weighted by atomic mass is 16.8. The van der Waals surface area contributed by atoms with Gasteiger partial charge in [0.25, 0.3) is 0 Å². The summed E-state index contributed by atoms with van der Waals surface area (Å²) in [6, 6.07) is 19.5. The van der Waals surface area contributed by atoms with Gasteiger partial charge in [-0.25, -0.2) is 4.79 Å². The number of fused-ring (bicyclic) bond motifs is 4. The molecule has 40 heavy (non-hydrogen) atoms. The molecule has 0 amide bonds. The van der Waals surface area contributed by atoms with Crippen molar-refractivity contribution in [3.05, 3.63) is 71.8 Å². The van der Waals surface area contributed by atoms with Crippen LogP contribution in [-0.4, -0.2) is 80.3 Å². The molecule has 0 N–H and O–H groups in total. The molecule has 0 aromatic heterocycles. The molecule has 10 atom stereocenters. The Hall–Kier alpha value is -2.41. The van der Waals surface area contributed by atoms with Crippen molar-refractivity contribution in [2.24, 2.45) is 0 Å². The summed E-state index contributed by atoms with van der Waals surface area (Å²) in [5.74, 6) is -1.35. The van der Waals surface area contributed by atoms with Gasteiger partial charge in [-0.1, -0.05) is 60.7 Å². The lowest BCUT2D eigenvalue weighted by atomic mass is 9.94. The van der Waals surface area contributed by atoms with Crippen molar-refractivity contribution >= 4 is 5.97 Å². The molecule has 0 saturated carbocycles. The fourth-order valence-corrected chi connectivity index (χ4v) is 5.79. The predicted octanol–water partition coefficient (Wildman–Crippen LogP) is 3.10. The topological polar surface area (TPSA) is 100 Å². The van der Waals surface area contributed by atoms with Gasteiger partial charge >= 0.3 is 5.97 Å². The van der Waals surface area contributed by atoms with Crippen LogP contribution >= 0.6 is 0 Å². The zero-order valence-electron chi connectivity index (χ0n) is 23.0. The Morgan fingerprint density at radius 2 is 1.35 bits per heavy atom. The summed E-state index contributed by atoms with van der Waals surface area (Å²) < 4.78 is 55.1. The van der Waals surface area contributed by atoms with Crippen LogP contribution < -0.4 is 0 Å². The highest BCUT2D eigenvalue weighted by Gasteiger charge is 2.61. The van der Waals surface area contributed by atoms with E-state index in [0.717, 1.165) is 11.1 Å². The summed E-state index contributed by atoms with van der Waals surface area (Å²) in [4.78, 5) is 12.9. The first-order valence-corrected chi connectivity index (χ1v) is 13.7. The summed E-state index contributed by atoms with van der Waals surface area (Å²) in [5.41, 5.74) is 1.96. The van der Waals surface area contributed by atoms with Gasteiger partial charge in [0.1, 0.15) is 30.5 Å². The summed E-state index contributed by atoms with van der Waals surface area (Å²) in [7, 11) is 1.57. The van der Waals surface area contributed by atoms with Crippen LogP contribution in [0.25, 0.3) is 0 Å². The van der Waals surface area contributed by atoms with Gasteiger partial charge in [-0.3, -0.25) is 0 Å². The SMILES string of the molecule is CO[C@@H]1O[C@@H](C)[C@H](O[C@@H]2O[C@@H]3C(=O)O[C@H]2[C@@H](OCc2ccccc2)[C@@H]3OCc2ccccc2)[C@H]2OC(C)(C)O[C@@H]12. The van der Waals surface area contributed by atoms with Crippen molar-refractivity contribution < 1.29 is 47.4 Å². The van der Waals surface area contributed by atoms with Crippen LogP contribution in [0.15, 0.2) is 60.7 Å². The van der Waals surface area contributed by atoms with Crippen molar-refractivity contribution in [2.75, 3.05) is 7.11 Å². The Morgan fingerprint density at radius 1 is 0.750 bits per heavy atom. The average Bonchev–Trinajstić information content (AvgIpc) is 3.29. The first-order chi connectivity index (χ1) is 19.3. The number of hydrogen-bond acceptors (Lipinski definition) is 10. The second kappa shape index (κ2) is 11.5. The molecule has 10 heteroatoms. The number of hydrogen-bond donors (Lipinski definition) is 0. The number of carbonyl (C=O) groups is 1. The first kappa shape index (κ1) is 27.7. The standard InChI is InChI=1S/C30H36O10/c1-17-20(23-26(28(32-4)35-17)40-30(2,3)39-23)37-29-25-22(34-16-19-13-9-6-10-14-19)21(24(38-29)27(31)36-25)33-15-18-11-7-5-8-12-18/h5-14,17,20-26,28-29H,15-16H2,1-4H3/t17-,20-,21-,22-,23+,24-,25-,26+,28+,29+/m0/s1. The third-order valence-electron chi connectivity index (χ3n) is 7.64. The number of esters is 1. The molecule has 0 unspecified atom stereocenters. The first-order valence-electron chi connectivity index (χ1n) is 13.7. The molecule has 5 aliphatic rings. The highest BCUT2D eigenvalue weighted by molar-refractivity contribution is 5.77. The molecule has 0 spiro atoms. The highest BCUT2D eigenvalue weighted by Crippen LogP contribution is 2.42. The molecule has 10 nitrogen and oxygen atoms in total. The van der Waals surface area contributed by atoms with E-state index in [1.807, 2.05) is 81.4 Å². The van der Waals surface area contributed by atoms with Gasteiger partial charge in [0.2, 0.25) is 0 Å². The lowest BCUT2D eigenvalue weighted by Crippen LogP contribution is -2.70. The Labute approximate surface area is 233 Å². The van der Waals surface area contributed by atoms with Gasteiger partial charge in [0.05, 0.1) is 19.3 Å². The maximum atomic E-state index is 12.9. The number of benzene rings is 2. The maximum Gasteiger partial charge on any atom is 0.338 e. The van der Waals surface area contributed by atoms with Crippen LogP contribution in [0.3, 0.4) is 0 Å². The fraction of sp³-hybridized carbons (Fsp3) is 0.567. The largest absolute Gasteiger partial charge is 0.452 e. The smallest absolute Gasteiger partial charge is 0.338 e. The fourth-order valence-electron chi connectivity index (χ4n) is 5.79. The molecule has 0 radical (unpaired) electrons. The maximum absolute atomic E-state index is 12.9. The van der Waals surface area contributed by atoms with Crippen molar-refractivity contribution in [1.29, 1.82) is 0 Å². The molecule has 216 valence electrons. The molecule has 5 aliphatic heterocycles. The normalized spacial score (nSPS) is 38.1. The zero-order valence-corrected chi connectivity index (χ0v) is 23.0. The number of carbonyl (C=O) groups excluding carboxylic acids is 1. The zero-order chi connectivity index (χ0) is 27.9. The van der Waals surface area contributed by atoms with Crippen LogP contribution in [0, 0.1) is 0 Å². The van der Waals surface area contributed by atoms with Gasteiger partial charge in [0, 0.05) is 7.11 Å². The molecule has 2 aromatic carbocycles. The third kappa shape index (κ3) is 5.55. The summed E-state index contributed by atoms with van der Waals surface area (Å²) >= 11 is 0. The molecule has 2 bridgehead atoms. The van der Waals surface area contributed by atoms with Crippen molar-refractivity contribution in [2.45, 2.75) is 101 Å². The second-order valence-electron chi connectivity index (χ2n) is 11.0. The third-order valence-corrected chi connectivity index (χ3v) is 7.64. The summed E-state index contributed by atoms with van der Waals surface area (Å²) in [6.07, 6.45) is -6.76. The van der Waals surface area contributed by atoms with Crippen molar-refractivity contribution in [3.8, 4) is 0 Å². The lowest BCUT2D eigenvalue weighted by molar-refractivity contribution is -0.368. The van der Waals surface area contributed by atoms with E-state index in [1.165, 1.54) is 0 Å². The minimum absolute atomic E-state index is 0.290. The monoisotopic (exact) mass is 556 g/mol. The van der Waals surface area contributed by atoms with Gasteiger partial charge < -0.3 is 42.6 Å². The van der Waals surface area contributed by atoms with Gasteiger partial charge in [-0.2, -0.15) is 0 Å². The minimum atomic E-state index is -1.03. The molecular formula is C30H36O10. The van der Waals surface area contributed by atoms with Gasteiger partial charge in [0.15, 0.2) is 30.6 Å². The Balaban J connectivity index is 1.23. The molecule has 2 aromatic rings. The average molecular weight is 557 g/mol. The van der Waals surface area contributed by atoms with Gasteiger partial charge in [-0.05, 0) is 31.9 Å². The van der Waals surface area contributed by atoms with Crippen LogP contribution in [0.5, 0.6) is 0 Å². The second-order valence-corrected chi connectivity index (χ2v) is 11.0. The summed E-state index contributed by atoms with van der Waals surface area (Å²) in [5, 5.41) is 0. The van der Waals surface area contributed by atoms with Crippen LogP contribution in [0.2, 0.25) is 0 Å². The molecular weight excluding hydrogens is 520 g/mol. The van der Waals surface area contributed by atoms with E-state index >= 15 is 0 Å². The van der Waals surface area contributed by atoms with E-state index in [1.54, 1.807) is 7.11 Å². The van der Waals surface area contributed by atoms with E-state index in [4.69, 9.17) is 42.6 Å². The van der Waals surface area contributed by atoms with Gasteiger partial charge in [-0.15, -0.1) is 0 Å². The Morgan fingerprint density at radius 3 is 1.98 bits per heavy atom. The van der Waals surface area contributed by atoms with Crippen molar-refractivity contribution in [1.82, 2.24) is 0 Å². The quantitative estimate of drug-likeness (QED) is 0.429. The predicted molar refractivity (Wildman–Crippen MR) is 139 cm³/mol.